The van der Waals surface area contributed by atoms with Crippen LogP contribution in [0.25, 0.3) is 0 Å². The van der Waals surface area contributed by atoms with E-state index in [0.717, 1.165) is 44.1 Å². The minimum atomic E-state index is -0.884. The minimum absolute atomic E-state index is 0.0518. The second kappa shape index (κ2) is 40.1. The van der Waals surface area contributed by atoms with E-state index in [1.54, 1.807) is 24.3 Å². The summed E-state index contributed by atoms with van der Waals surface area (Å²) in [5.41, 5.74) is 0.789. The van der Waals surface area contributed by atoms with Crippen LogP contribution >= 0.6 is 0 Å². The topological polar surface area (TPSA) is 251 Å². The first-order chi connectivity index (χ1) is 34.4. The number of hydrogen-bond acceptors (Lipinski definition) is 11. The van der Waals surface area contributed by atoms with Crippen molar-refractivity contribution in [1.82, 2.24) is 41.7 Å². The number of ether oxygens (including phenoxy) is 2. The molecule has 0 aliphatic carbocycles. The van der Waals surface area contributed by atoms with Gasteiger partial charge in [-0.3, -0.25) is 43.2 Å². The molecule has 2 rings (SSSR count). The van der Waals surface area contributed by atoms with Crippen molar-refractivity contribution < 1.29 is 52.6 Å². The molecule has 0 bridgehead atoms. The molecule has 400 valence electrons. The van der Waals surface area contributed by atoms with E-state index in [4.69, 9.17) is 9.47 Å². The van der Waals surface area contributed by atoms with Gasteiger partial charge >= 0.3 is 5.97 Å². The lowest BCUT2D eigenvalue weighted by atomic mass is 10.1. The zero-order chi connectivity index (χ0) is 51.7. The summed E-state index contributed by atoms with van der Waals surface area (Å²) in [6.07, 6.45) is 25.0. The summed E-state index contributed by atoms with van der Waals surface area (Å²) < 4.78 is 10.5. The van der Waals surface area contributed by atoms with E-state index in [1.807, 2.05) is 11.0 Å². The highest BCUT2D eigenvalue weighted by Crippen LogP contribution is 2.18. The highest BCUT2D eigenvalue weighted by atomic mass is 16.5. The van der Waals surface area contributed by atoms with Crippen LogP contribution in [0.1, 0.15) is 161 Å². The first kappa shape index (κ1) is 61.5. The number of amides is 8. The SMILES string of the molecule is CCCCCCCCCCCCN(CCCCCCCCCCCC)C(=O)COCC(=O)NCC(=O)NCC(=O)NCC(=O)N1CCC[C@H]1C(=O)NCC(=O)NCC(=O)NCC(=O)OCc1ccccc1. The molecule has 1 fully saturated rings. The van der Waals surface area contributed by atoms with Gasteiger partial charge in [-0.2, -0.15) is 0 Å². The molecule has 0 aromatic heterocycles. The second-order valence-electron chi connectivity index (χ2n) is 18.2. The molecule has 1 aromatic carbocycles. The van der Waals surface area contributed by atoms with Crippen molar-refractivity contribution in [3.8, 4) is 0 Å². The van der Waals surface area contributed by atoms with Crippen molar-refractivity contribution in [1.29, 1.82) is 0 Å². The summed E-state index contributed by atoms with van der Waals surface area (Å²) in [5.74, 6) is -5.18. The van der Waals surface area contributed by atoms with E-state index >= 15 is 0 Å². The van der Waals surface area contributed by atoms with E-state index in [9.17, 15) is 43.2 Å². The van der Waals surface area contributed by atoms with Crippen molar-refractivity contribution in [2.75, 3.05) is 72.1 Å². The van der Waals surface area contributed by atoms with Crippen molar-refractivity contribution in [2.45, 2.75) is 168 Å². The smallest absolute Gasteiger partial charge is 0.325 e. The summed E-state index contributed by atoms with van der Waals surface area (Å²) in [7, 11) is 0. The molecule has 19 nitrogen and oxygen atoms in total. The number of unbranched alkanes of at least 4 members (excludes halogenated alkanes) is 18. The first-order valence-electron chi connectivity index (χ1n) is 26.4. The van der Waals surface area contributed by atoms with Gasteiger partial charge < -0.3 is 51.2 Å². The molecular formula is C52H86N8O11. The standard InChI is InChI=1S/C52H86N8O11/c1-3-5-7-9-11-13-15-17-19-24-30-59(31-25-20-18-16-14-12-10-8-6-4-2)50(67)41-70-40-48(65)55-35-44(61)53-33-45(62)56-37-49(66)60-32-26-29-43(60)52(69)58-36-47(64)54-34-46(63)57-38-51(68)71-39-42-27-22-21-23-28-42/h21-23,27-28,43H,3-20,24-26,29-41H2,1-2H3,(H,53,61)(H,54,64)(H,55,65)(H,56,62)(H,57,63)(H,58,69)/t43-/m0/s1. The highest BCUT2D eigenvalue weighted by molar-refractivity contribution is 5.94. The Morgan fingerprint density at radius 2 is 0.958 bits per heavy atom. The van der Waals surface area contributed by atoms with Gasteiger partial charge in [-0.25, -0.2) is 0 Å². The number of rotatable bonds is 41. The lowest BCUT2D eigenvalue weighted by Gasteiger charge is -2.24. The van der Waals surface area contributed by atoms with E-state index in [-0.39, 0.29) is 25.7 Å². The van der Waals surface area contributed by atoms with Gasteiger partial charge in [0.15, 0.2) is 0 Å². The molecule has 1 aliphatic heterocycles. The van der Waals surface area contributed by atoms with E-state index in [0.29, 0.717) is 25.9 Å². The molecule has 0 radical (unpaired) electrons. The van der Waals surface area contributed by atoms with Crippen LogP contribution in [0.2, 0.25) is 0 Å². The lowest BCUT2D eigenvalue weighted by molar-refractivity contribution is -0.145. The number of benzene rings is 1. The number of nitrogens with zero attached hydrogens (tertiary/aromatic N) is 2. The Labute approximate surface area is 422 Å². The third-order valence-corrected chi connectivity index (χ3v) is 12.1. The van der Waals surface area contributed by atoms with Crippen molar-refractivity contribution >= 4 is 53.2 Å². The van der Waals surface area contributed by atoms with Crippen LogP contribution < -0.4 is 31.9 Å². The molecule has 0 unspecified atom stereocenters. The molecule has 1 aliphatic rings. The van der Waals surface area contributed by atoms with Gasteiger partial charge in [-0.1, -0.05) is 160 Å². The monoisotopic (exact) mass is 999 g/mol. The van der Waals surface area contributed by atoms with E-state index in [1.165, 1.54) is 94.8 Å². The van der Waals surface area contributed by atoms with Gasteiger partial charge in [-0.05, 0) is 31.2 Å². The molecule has 6 N–H and O–H groups in total. The van der Waals surface area contributed by atoms with Gasteiger partial charge in [0.05, 0.1) is 32.7 Å². The van der Waals surface area contributed by atoms with Gasteiger partial charge in [0, 0.05) is 19.6 Å². The number of carbonyl (C=O) groups excluding carboxylic acids is 9. The Bertz CT molecular complexity index is 1710. The Morgan fingerprint density at radius 1 is 0.521 bits per heavy atom. The van der Waals surface area contributed by atoms with Crippen LogP contribution in [0, 0.1) is 0 Å². The number of nitrogens with one attached hydrogen (secondary N) is 6. The summed E-state index contributed by atoms with van der Waals surface area (Å²) in [5, 5.41) is 14.3. The van der Waals surface area contributed by atoms with Gasteiger partial charge in [0.25, 0.3) is 0 Å². The molecule has 0 spiro atoms. The Morgan fingerprint density at radius 3 is 1.46 bits per heavy atom. The Hall–Kier alpha value is -5.59. The maximum Gasteiger partial charge on any atom is 0.325 e. The maximum absolute atomic E-state index is 13.2. The number of likely N-dealkylation sites (tertiary alicyclic amines) is 1. The Kier molecular flexibility index (Phi) is 34.7. The second-order valence-corrected chi connectivity index (χ2v) is 18.2. The van der Waals surface area contributed by atoms with Crippen LogP contribution in [0.3, 0.4) is 0 Å². The maximum atomic E-state index is 13.2. The van der Waals surface area contributed by atoms with Crippen LogP contribution in [-0.2, 0) is 59.2 Å². The number of esters is 1. The van der Waals surface area contributed by atoms with Gasteiger partial charge in [0.2, 0.25) is 47.3 Å². The fourth-order valence-electron chi connectivity index (χ4n) is 7.96. The van der Waals surface area contributed by atoms with Crippen molar-refractivity contribution in [3.05, 3.63) is 35.9 Å². The van der Waals surface area contributed by atoms with Crippen molar-refractivity contribution in [3.63, 3.8) is 0 Å². The average Bonchev–Trinajstić information content (AvgIpc) is 3.88. The quantitative estimate of drug-likeness (QED) is 0.0403. The molecule has 71 heavy (non-hydrogen) atoms. The summed E-state index contributed by atoms with van der Waals surface area (Å²) >= 11 is 0. The molecule has 1 atom stereocenters. The molecule has 1 aromatic rings. The van der Waals surface area contributed by atoms with Crippen LogP contribution in [0.4, 0.5) is 0 Å². The number of hydrogen-bond donors (Lipinski definition) is 6. The fourth-order valence-corrected chi connectivity index (χ4v) is 7.96. The summed E-state index contributed by atoms with van der Waals surface area (Å²) in [4.78, 5) is 116. The van der Waals surface area contributed by atoms with Gasteiger partial charge in [-0.15, -0.1) is 0 Å². The Balaban J connectivity index is 1.62. The largest absolute Gasteiger partial charge is 0.460 e. The van der Waals surface area contributed by atoms with Crippen LogP contribution in [0.15, 0.2) is 30.3 Å². The molecular weight excluding hydrogens is 913 g/mol. The van der Waals surface area contributed by atoms with E-state index in [2.05, 4.69) is 45.7 Å². The zero-order valence-electron chi connectivity index (χ0n) is 42.9. The molecule has 8 amide bonds. The predicted molar refractivity (Wildman–Crippen MR) is 270 cm³/mol. The third kappa shape index (κ3) is 31.4. The van der Waals surface area contributed by atoms with Crippen molar-refractivity contribution in [2.24, 2.45) is 0 Å². The molecule has 19 heteroatoms. The summed E-state index contributed by atoms with van der Waals surface area (Å²) in [6.45, 7) is 2.76. The zero-order valence-corrected chi connectivity index (χ0v) is 42.9. The highest BCUT2D eigenvalue weighted by Gasteiger charge is 2.34. The van der Waals surface area contributed by atoms with Crippen LogP contribution in [-0.4, -0.2) is 141 Å². The normalized spacial score (nSPS) is 12.9. The first-order valence-corrected chi connectivity index (χ1v) is 26.4. The fraction of sp³-hybridized carbons (Fsp3) is 0.712. The third-order valence-electron chi connectivity index (χ3n) is 12.1. The lowest BCUT2D eigenvalue weighted by Crippen LogP contribution is -2.51. The number of carbonyl (C=O) groups is 9. The average molecular weight is 999 g/mol. The summed E-state index contributed by atoms with van der Waals surface area (Å²) in [6, 6.07) is 8.13. The molecule has 0 saturated carbocycles. The van der Waals surface area contributed by atoms with E-state index < -0.39 is 99.2 Å². The predicted octanol–water partition coefficient (Wildman–Crippen LogP) is 4.11. The molecule has 1 saturated heterocycles. The van der Waals surface area contributed by atoms with Gasteiger partial charge in [0.1, 0.15) is 32.4 Å². The molecule has 1 heterocycles. The van der Waals surface area contributed by atoms with Crippen LogP contribution in [0.5, 0.6) is 0 Å². The minimum Gasteiger partial charge on any atom is -0.460 e.